The Bertz CT molecular complexity index is 733. The quantitative estimate of drug-likeness (QED) is 0.851. The van der Waals surface area contributed by atoms with Gasteiger partial charge in [-0.3, -0.25) is 4.79 Å². The zero-order valence-electron chi connectivity index (χ0n) is 13.3. The molecular formula is C17H19NO5. The van der Waals surface area contributed by atoms with E-state index in [1.165, 1.54) is 6.07 Å². The second kappa shape index (κ2) is 7.00. The molecule has 6 nitrogen and oxygen atoms in total. The van der Waals surface area contributed by atoms with Crippen LogP contribution < -0.4 is 10.1 Å². The van der Waals surface area contributed by atoms with Crippen molar-refractivity contribution in [1.82, 2.24) is 0 Å². The number of carbonyl (C=O) groups excluding carboxylic acids is 1. The molecule has 1 aromatic carbocycles. The molecule has 0 saturated heterocycles. The molecule has 2 N–H and O–H groups in total. The van der Waals surface area contributed by atoms with Crippen LogP contribution in [0.2, 0.25) is 0 Å². The van der Waals surface area contributed by atoms with Crippen molar-refractivity contribution in [3.8, 4) is 5.75 Å². The minimum atomic E-state index is -1.11. The van der Waals surface area contributed by atoms with Gasteiger partial charge in [-0.05, 0) is 37.6 Å². The molecule has 0 spiro atoms. The summed E-state index contributed by atoms with van der Waals surface area (Å²) in [5.74, 6) is -0.609. The van der Waals surface area contributed by atoms with Crippen LogP contribution in [0.4, 0.5) is 5.69 Å². The van der Waals surface area contributed by atoms with E-state index in [0.29, 0.717) is 18.7 Å². The van der Waals surface area contributed by atoms with Gasteiger partial charge in [0.1, 0.15) is 17.1 Å². The highest BCUT2D eigenvalue weighted by Crippen LogP contribution is 2.23. The number of furan rings is 1. The van der Waals surface area contributed by atoms with Crippen LogP contribution in [0.1, 0.15) is 46.1 Å². The number of nitrogens with one attached hydrogen (secondary N) is 1. The number of aromatic carboxylic acids is 1. The molecule has 0 radical (unpaired) electrons. The van der Waals surface area contributed by atoms with Gasteiger partial charge in [0, 0.05) is 18.2 Å². The lowest BCUT2D eigenvalue weighted by atomic mass is 10.2. The number of hydrogen-bond donors (Lipinski definition) is 2. The van der Waals surface area contributed by atoms with Gasteiger partial charge in [0.15, 0.2) is 5.76 Å². The maximum atomic E-state index is 12.3. The summed E-state index contributed by atoms with van der Waals surface area (Å²) in [6.07, 6.45) is 0.400. The zero-order chi connectivity index (χ0) is 17.0. The van der Waals surface area contributed by atoms with Crippen molar-refractivity contribution in [3.63, 3.8) is 0 Å². The molecule has 0 fully saturated rings. The van der Waals surface area contributed by atoms with Crippen molar-refractivity contribution in [1.29, 1.82) is 0 Å². The lowest BCUT2D eigenvalue weighted by molar-refractivity contribution is 0.0694. The molecule has 0 unspecified atom stereocenters. The van der Waals surface area contributed by atoms with Crippen LogP contribution in [0, 0.1) is 6.92 Å². The number of benzene rings is 1. The average molecular weight is 317 g/mol. The molecule has 2 rings (SSSR count). The fourth-order valence-electron chi connectivity index (χ4n) is 2.20. The van der Waals surface area contributed by atoms with E-state index >= 15 is 0 Å². The number of hydrogen-bond acceptors (Lipinski definition) is 4. The third-order valence-electron chi connectivity index (χ3n) is 3.34. The molecule has 0 bridgehead atoms. The van der Waals surface area contributed by atoms with Gasteiger partial charge in [-0.2, -0.15) is 0 Å². The summed E-state index contributed by atoms with van der Waals surface area (Å²) in [6.45, 7) is 6.08. The third-order valence-corrected chi connectivity index (χ3v) is 3.34. The van der Waals surface area contributed by atoms with Gasteiger partial charge in [-0.25, -0.2) is 4.79 Å². The van der Waals surface area contributed by atoms with E-state index < -0.39 is 11.9 Å². The molecule has 122 valence electrons. The summed E-state index contributed by atoms with van der Waals surface area (Å²) in [5.41, 5.74) is 1.47. The number of carbonyl (C=O) groups is 2. The molecule has 2 aromatic rings. The molecule has 0 aliphatic carbocycles. The first-order valence-electron chi connectivity index (χ1n) is 7.37. The van der Waals surface area contributed by atoms with Gasteiger partial charge in [0.2, 0.25) is 0 Å². The fourth-order valence-corrected chi connectivity index (χ4v) is 2.20. The first kappa shape index (κ1) is 16.6. The van der Waals surface area contributed by atoms with Crippen LogP contribution in [-0.2, 0) is 6.42 Å². The molecular weight excluding hydrogens is 298 g/mol. The van der Waals surface area contributed by atoms with Gasteiger partial charge < -0.3 is 19.6 Å². The number of anilines is 1. The van der Waals surface area contributed by atoms with Crippen molar-refractivity contribution in [3.05, 3.63) is 46.9 Å². The minimum Gasteiger partial charge on any atom is -0.494 e. The number of aryl methyl sites for hydroxylation is 2. The van der Waals surface area contributed by atoms with Gasteiger partial charge in [0.25, 0.3) is 5.91 Å². The summed E-state index contributed by atoms with van der Waals surface area (Å²) in [4.78, 5) is 23.4. The molecule has 1 aromatic heterocycles. The lowest BCUT2D eigenvalue weighted by Gasteiger charge is -2.09. The first-order chi connectivity index (χ1) is 11.0. The summed E-state index contributed by atoms with van der Waals surface area (Å²) >= 11 is 0. The Morgan fingerprint density at radius 2 is 2.00 bits per heavy atom. The Morgan fingerprint density at radius 1 is 1.26 bits per heavy atom. The molecule has 0 aliphatic rings. The molecule has 0 aliphatic heterocycles. The number of carboxylic acid groups (broad SMARTS) is 1. The molecule has 0 atom stereocenters. The summed E-state index contributed by atoms with van der Waals surface area (Å²) in [7, 11) is 0. The Labute approximate surface area is 134 Å². The van der Waals surface area contributed by atoms with Gasteiger partial charge in [-0.1, -0.05) is 6.92 Å². The van der Waals surface area contributed by atoms with E-state index in [9.17, 15) is 9.59 Å². The molecule has 1 amide bonds. The zero-order valence-corrected chi connectivity index (χ0v) is 13.3. The van der Waals surface area contributed by atoms with Gasteiger partial charge in [0.05, 0.1) is 6.61 Å². The van der Waals surface area contributed by atoms with E-state index in [0.717, 1.165) is 11.3 Å². The molecule has 1 heterocycles. The standard InChI is InChI=1S/C17H19NO5/c1-4-14-12(17(20)21)9-15(23-14)16(19)18-13-7-6-11(22-5-2)8-10(13)3/h6-9H,4-5H2,1-3H3,(H,18,19)(H,20,21). The number of carboxylic acids is 1. The predicted octanol–water partition coefficient (Wildman–Crippen LogP) is 3.50. The molecule has 23 heavy (non-hydrogen) atoms. The fraction of sp³-hybridized carbons (Fsp3) is 0.294. The SMILES string of the molecule is CCOc1ccc(NC(=O)c2cc(C(=O)O)c(CC)o2)c(C)c1. The first-order valence-corrected chi connectivity index (χ1v) is 7.37. The molecule has 0 saturated carbocycles. The van der Waals surface area contributed by atoms with Gasteiger partial charge in [-0.15, -0.1) is 0 Å². The normalized spacial score (nSPS) is 10.4. The maximum Gasteiger partial charge on any atom is 0.339 e. The number of amides is 1. The van der Waals surface area contributed by atoms with E-state index in [-0.39, 0.29) is 17.1 Å². The van der Waals surface area contributed by atoms with E-state index in [4.69, 9.17) is 14.3 Å². The van der Waals surface area contributed by atoms with Crippen molar-refractivity contribution in [2.75, 3.05) is 11.9 Å². The number of rotatable bonds is 6. The highest BCUT2D eigenvalue weighted by atomic mass is 16.5. The van der Waals surface area contributed by atoms with Crippen molar-refractivity contribution < 1.29 is 23.8 Å². The minimum absolute atomic E-state index is 0.0149. The van der Waals surface area contributed by atoms with E-state index in [1.54, 1.807) is 19.1 Å². The van der Waals surface area contributed by atoms with E-state index in [1.807, 2.05) is 19.9 Å². The summed E-state index contributed by atoms with van der Waals surface area (Å²) in [5, 5.41) is 11.8. The second-order valence-corrected chi connectivity index (χ2v) is 4.97. The largest absolute Gasteiger partial charge is 0.494 e. The highest BCUT2D eigenvalue weighted by Gasteiger charge is 2.20. The van der Waals surface area contributed by atoms with Crippen LogP contribution in [-0.4, -0.2) is 23.6 Å². The van der Waals surface area contributed by atoms with Crippen molar-refractivity contribution in [2.45, 2.75) is 27.2 Å². The topological polar surface area (TPSA) is 88.8 Å². The van der Waals surface area contributed by atoms with Crippen LogP contribution in [0.15, 0.2) is 28.7 Å². The monoisotopic (exact) mass is 317 g/mol. The van der Waals surface area contributed by atoms with E-state index in [2.05, 4.69) is 5.32 Å². The molecule has 6 heteroatoms. The Kier molecular flexibility index (Phi) is 5.05. The van der Waals surface area contributed by atoms with Crippen LogP contribution in [0.3, 0.4) is 0 Å². The second-order valence-electron chi connectivity index (χ2n) is 4.97. The lowest BCUT2D eigenvalue weighted by Crippen LogP contribution is -2.12. The highest BCUT2D eigenvalue weighted by molar-refractivity contribution is 6.04. The number of ether oxygens (including phenoxy) is 1. The third kappa shape index (κ3) is 3.71. The van der Waals surface area contributed by atoms with Crippen LogP contribution in [0.25, 0.3) is 0 Å². The van der Waals surface area contributed by atoms with Crippen LogP contribution in [0.5, 0.6) is 5.75 Å². The maximum absolute atomic E-state index is 12.3. The summed E-state index contributed by atoms with van der Waals surface area (Å²) < 4.78 is 10.7. The van der Waals surface area contributed by atoms with Crippen molar-refractivity contribution in [2.24, 2.45) is 0 Å². The average Bonchev–Trinajstić information content (AvgIpc) is 2.95. The predicted molar refractivity (Wildman–Crippen MR) is 85.3 cm³/mol. The Hall–Kier alpha value is -2.76. The summed E-state index contributed by atoms with van der Waals surface area (Å²) in [6, 6.07) is 6.57. The van der Waals surface area contributed by atoms with Crippen LogP contribution >= 0.6 is 0 Å². The Balaban J connectivity index is 2.20. The Morgan fingerprint density at radius 3 is 2.52 bits per heavy atom. The smallest absolute Gasteiger partial charge is 0.339 e. The van der Waals surface area contributed by atoms with Gasteiger partial charge >= 0.3 is 5.97 Å². The van der Waals surface area contributed by atoms with Crippen molar-refractivity contribution >= 4 is 17.6 Å².